The summed E-state index contributed by atoms with van der Waals surface area (Å²) in [6, 6.07) is -4.95. The smallest absolute Gasteiger partial charge is 0.245 e. The van der Waals surface area contributed by atoms with E-state index in [4.69, 9.17) is 4.74 Å². The summed E-state index contributed by atoms with van der Waals surface area (Å²) in [6.07, 6.45) is 8.47. The Labute approximate surface area is 338 Å². The molecule has 3 aliphatic heterocycles. The molecule has 5 N–H and O–H groups in total. The number of ether oxygens (including phenoxy) is 1. The number of nitrogens with zero attached hydrogens (tertiary/aromatic N) is 3. The molecule has 0 unspecified atom stereocenters. The topological polar surface area (TPSA) is 207 Å². The summed E-state index contributed by atoms with van der Waals surface area (Å²) in [7, 11) is 0. The summed E-state index contributed by atoms with van der Waals surface area (Å²) in [5.74, 6) is -2.19. The second kappa shape index (κ2) is 23.0. The van der Waals surface area contributed by atoms with Crippen molar-refractivity contribution in [3.8, 4) is 0 Å². The van der Waals surface area contributed by atoms with E-state index in [0.29, 0.717) is 77.3 Å². The van der Waals surface area contributed by atoms with E-state index in [1.54, 1.807) is 11.8 Å². The van der Waals surface area contributed by atoms with Crippen LogP contribution in [-0.2, 0) is 38.3 Å². The highest BCUT2D eigenvalue weighted by Gasteiger charge is 2.41. The number of hydrogen-bond acceptors (Lipinski definition) is 9. The Balaban J connectivity index is 1.44. The normalized spacial score (nSPS) is 23.1. The predicted octanol–water partition coefficient (Wildman–Crippen LogP) is 1.38. The molecular weight excluding hydrogens is 734 g/mol. The minimum atomic E-state index is -1.19. The molecule has 0 radical (unpaired) electrons. The molecule has 0 bridgehead atoms. The number of aliphatic hydroxyl groups excluding tert-OH is 1. The highest BCUT2D eigenvalue weighted by atomic mass is 16.5. The Bertz CT molecular complexity index is 1380. The van der Waals surface area contributed by atoms with Crippen LogP contribution in [0.1, 0.15) is 124 Å². The molecule has 0 aromatic rings. The van der Waals surface area contributed by atoms with Crippen LogP contribution in [0.25, 0.3) is 0 Å². The van der Waals surface area contributed by atoms with Crippen LogP contribution in [0.5, 0.6) is 0 Å². The lowest BCUT2D eigenvalue weighted by Crippen LogP contribution is -2.61. The minimum Gasteiger partial charge on any atom is -0.391 e. The largest absolute Gasteiger partial charge is 0.391 e. The van der Waals surface area contributed by atoms with Crippen LogP contribution in [0.3, 0.4) is 0 Å². The van der Waals surface area contributed by atoms with Gasteiger partial charge >= 0.3 is 0 Å². The summed E-state index contributed by atoms with van der Waals surface area (Å²) in [4.78, 5) is 99.8. The quantitative estimate of drug-likeness (QED) is 0.136. The first kappa shape index (κ1) is 45.9. The summed E-state index contributed by atoms with van der Waals surface area (Å²) >= 11 is 0. The molecule has 1 aliphatic carbocycles. The fourth-order valence-electron chi connectivity index (χ4n) is 8.70. The van der Waals surface area contributed by atoms with Gasteiger partial charge in [-0.05, 0) is 70.1 Å². The minimum absolute atomic E-state index is 0.0535. The molecule has 0 aromatic heterocycles. The monoisotopic (exact) mass is 804 g/mol. The fraction of sp³-hybridized carbons (Fsp3) is 0.829. The number of hydrogen-bond donors (Lipinski definition) is 5. The fourth-order valence-corrected chi connectivity index (χ4v) is 8.70. The zero-order valence-electron chi connectivity index (χ0n) is 34.7. The van der Waals surface area contributed by atoms with Gasteiger partial charge in [-0.2, -0.15) is 0 Å². The summed E-state index contributed by atoms with van der Waals surface area (Å²) in [5, 5.41) is 21.4. The molecule has 57 heavy (non-hydrogen) atoms. The number of piperidine rings is 1. The van der Waals surface area contributed by atoms with Crippen molar-refractivity contribution in [1.29, 1.82) is 0 Å². The molecular formula is C41H69N7O9. The predicted molar refractivity (Wildman–Crippen MR) is 212 cm³/mol. The summed E-state index contributed by atoms with van der Waals surface area (Å²) in [6.45, 7) is 9.92. The molecule has 4 fully saturated rings. The van der Waals surface area contributed by atoms with Crippen molar-refractivity contribution in [2.45, 2.75) is 160 Å². The lowest BCUT2D eigenvalue weighted by molar-refractivity contribution is -0.147. The second-order valence-electron chi connectivity index (χ2n) is 16.5. The van der Waals surface area contributed by atoms with Crippen molar-refractivity contribution in [2.75, 3.05) is 45.9 Å². The first-order valence-corrected chi connectivity index (χ1v) is 21.7. The average Bonchev–Trinajstić information content (AvgIpc) is 3.72. The number of amides is 7. The van der Waals surface area contributed by atoms with Gasteiger partial charge in [0.2, 0.25) is 41.4 Å². The first-order chi connectivity index (χ1) is 27.4. The van der Waals surface area contributed by atoms with Crippen LogP contribution in [0.2, 0.25) is 0 Å². The molecule has 7 atom stereocenters. The number of carbonyl (C=O) groups is 7. The van der Waals surface area contributed by atoms with E-state index < -0.39 is 65.8 Å². The Morgan fingerprint density at radius 3 is 1.95 bits per heavy atom. The van der Waals surface area contributed by atoms with Gasteiger partial charge in [-0.15, -0.1) is 0 Å². The molecule has 322 valence electrons. The van der Waals surface area contributed by atoms with Gasteiger partial charge in [0.15, 0.2) is 0 Å². The maximum absolute atomic E-state index is 14.4. The third-order valence-electron chi connectivity index (χ3n) is 12.2. The maximum atomic E-state index is 14.4. The maximum Gasteiger partial charge on any atom is 0.245 e. The standard InChI is InChI=1S/C41H69N7O9/c1-5-19-42-39(54)36(28(4)49)45-38(53)33-16-12-21-48(33)40(55)30(6-2)44-37(52)32-15-10-11-20-47(32)41(56)31(17-18-35(51)46-22-24-57-25-23-46)43-34(50)26-27(3)29-13-8-7-9-14-29/h27-33,36,49H,5-26H2,1-4H3,(H,42,54)(H,43,50)(H,44,52)(H,45,53)/t27-,28+,30-,31-,32-,33-,36-/m0/s1. The van der Waals surface area contributed by atoms with E-state index >= 15 is 0 Å². The van der Waals surface area contributed by atoms with E-state index in [1.165, 1.54) is 23.1 Å². The highest BCUT2D eigenvalue weighted by Crippen LogP contribution is 2.31. The molecule has 16 heteroatoms. The van der Waals surface area contributed by atoms with E-state index in [2.05, 4.69) is 28.2 Å². The number of aliphatic hydroxyl groups is 1. The molecule has 4 aliphatic rings. The number of morpholine rings is 1. The number of likely N-dealkylation sites (tertiary alicyclic amines) is 2. The number of nitrogens with one attached hydrogen (secondary N) is 4. The molecule has 0 spiro atoms. The van der Waals surface area contributed by atoms with Crippen molar-refractivity contribution in [1.82, 2.24) is 36.0 Å². The van der Waals surface area contributed by atoms with E-state index in [1.807, 2.05) is 6.92 Å². The van der Waals surface area contributed by atoms with Crippen molar-refractivity contribution < 1.29 is 43.4 Å². The number of carbonyl (C=O) groups excluding carboxylic acids is 7. The average molecular weight is 804 g/mol. The third kappa shape index (κ3) is 13.1. The zero-order chi connectivity index (χ0) is 41.5. The van der Waals surface area contributed by atoms with Crippen LogP contribution in [0.15, 0.2) is 0 Å². The van der Waals surface area contributed by atoms with Gasteiger partial charge in [0.05, 0.1) is 19.3 Å². The zero-order valence-corrected chi connectivity index (χ0v) is 34.7. The highest BCUT2D eigenvalue weighted by molar-refractivity contribution is 5.97. The van der Waals surface area contributed by atoms with Crippen LogP contribution in [0, 0.1) is 11.8 Å². The van der Waals surface area contributed by atoms with Gasteiger partial charge in [0.1, 0.15) is 30.2 Å². The van der Waals surface area contributed by atoms with Crippen molar-refractivity contribution in [3.63, 3.8) is 0 Å². The van der Waals surface area contributed by atoms with Gasteiger partial charge in [0.25, 0.3) is 0 Å². The van der Waals surface area contributed by atoms with Gasteiger partial charge in [-0.3, -0.25) is 33.6 Å². The second-order valence-corrected chi connectivity index (χ2v) is 16.5. The Morgan fingerprint density at radius 1 is 0.719 bits per heavy atom. The van der Waals surface area contributed by atoms with Crippen LogP contribution < -0.4 is 21.3 Å². The molecule has 3 saturated heterocycles. The van der Waals surface area contributed by atoms with Gasteiger partial charge < -0.3 is 45.8 Å². The molecule has 0 aromatic carbocycles. The molecule has 7 amide bonds. The van der Waals surface area contributed by atoms with E-state index in [9.17, 15) is 38.7 Å². The van der Waals surface area contributed by atoms with Crippen LogP contribution in [-0.4, -0.2) is 143 Å². The van der Waals surface area contributed by atoms with E-state index in [-0.39, 0.29) is 56.5 Å². The number of rotatable bonds is 18. The van der Waals surface area contributed by atoms with Gasteiger partial charge in [-0.25, -0.2) is 0 Å². The van der Waals surface area contributed by atoms with Gasteiger partial charge in [-0.1, -0.05) is 52.9 Å². The summed E-state index contributed by atoms with van der Waals surface area (Å²) < 4.78 is 5.39. The first-order valence-electron chi connectivity index (χ1n) is 21.7. The molecule has 4 rings (SSSR count). The summed E-state index contributed by atoms with van der Waals surface area (Å²) in [5.41, 5.74) is 0. The van der Waals surface area contributed by atoms with Crippen molar-refractivity contribution in [2.24, 2.45) is 11.8 Å². The lowest BCUT2D eigenvalue weighted by atomic mass is 9.79. The SMILES string of the molecule is CCCNC(=O)[C@@H](NC(=O)[C@@H]1CCCN1C(=O)[C@H](CC)NC(=O)[C@@H]1CCCCN1C(=O)[C@H](CCC(=O)N1CCOCC1)NC(=O)C[C@H](C)C1CCCCC1)[C@@H](C)O. The third-order valence-corrected chi connectivity index (χ3v) is 12.2. The molecule has 1 saturated carbocycles. The van der Waals surface area contributed by atoms with Crippen LogP contribution in [0.4, 0.5) is 0 Å². The lowest BCUT2D eigenvalue weighted by Gasteiger charge is -2.38. The van der Waals surface area contributed by atoms with E-state index in [0.717, 1.165) is 25.7 Å². The molecule has 16 nitrogen and oxygen atoms in total. The van der Waals surface area contributed by atoms with Gasteiger partial charge in [0, 0.05) is 45.6 Å². The van der Waals surface area contributed by atoms with Crippen molar-refractivity contribution >= 4 is 41.4 Å². The van der Waals surface area contributed by atoms with Crippen molar-refractivity contribution in [3.05, 3.63) is 0 Å². The van der Waals surface area contributed by atoms with Crippen LogP contribution >= 0.6 is 0 Å². The molecule has 3 heterocycles. The Hall–Kier alpha value is -3.79. The Morgan fingerprint density at radius 2 is 1.32 bits per heavy atom. The Kier molecular flexibility index (Phi) is 18.5.